The molecule has 0 spiro atoms. The molecule has 4 heteroatoms. The van der Waals surface area contributed by atoms with Crippen molar-refractivity contribution in [2.75, 3.05) is 0 Å². The predicted molar refractivity (Wildman–Crippen MR) is 113 cm³/mol. The van der Waals surface area contributed by atoms with Gasteiger partial charge in [-0.25, -0.2) is 0 Å². The van der Waals surface area contributed by atoms with Crippen LogP contribution in [-0.4, -0.2) is 16.6 Å². The second-order valence-electron chi connectivity index (χ2n) is 9.28. The molecule has 0 bridgehead atoms. The minimum Gasteiger partial charge on any atom is -0.459 e. The molecule has 0 amide bonds. The second-order valence-corrected chi connectivity index (χ2v) is 10.2. The summed E-state index contributed by atoms with van der Waals surface area (Å²) < 4.78 is 5.63. The smallest absolute Gasteiger partial charge is 0.324 e. The zero-order valence-corrected chi connectivity index (χ0v) is 18.7. The van der Waals surface area contributed by atoms with Crippen molar-refractivity contribution in [3.8, 4) is 0 Å². The first-order chi connectivity index (χ1) is 12.8. The Kier molecular flexibility index (Phi) is 6.99. The van der Waals surface area contributed by atoms with Gasteiger partial charge in [0.05, 0.1) is 0 Å². The van der Waals surface area contributed by atoms with Crippen molar-refractivity contribution in [2.24, 2.45) is 0 Å². The zero-order valence-electron chi connectivity index (χ0n) is 17.1. The average Bonchev–Trinajstić information content (AvgIpc) is 2.67. The highest BCUT2D eigenvalue weighted by Crippen LogP contribution is 2.40. The molecule has 1 aromatic heterocycles. The molecule has 150 valence electrons. The third kappa shape index (κ3) is 5.56. The Morgan fingerprint density at radius 2 is 1.56 bits per heavy atom. The molecule has 27 heavy (non-hydrogen) atoms. The lowest BCUT2D eigenvalue weighted by atomic mass is 9.82. The van der Waals surface area contributed by atoms with Crippen LogP contribution in [0.2, 0.25) is 0 Å². The van der Waals surface area contributed by atoms with Gasteiger partial charge in [-0.3, -0.25) is 9.78 Å². The highest BCUT2D eigenvalue weighted by Gasteiger charge is 2.30. The number of ether oxygens (including phenoxy) is 1. The van der Waals surface area contributed by atoms with E-state index in [9.17, 15) is 4.79 Å². The number of nitrogens with zero attached hydrogens (tertiary/aromatic N) is 1. The third-order valence-corrected chi connectivity index (χ3v) is 6.75. The Morgan fingerprint density at radius 3 is 2.11 bits per heavy atom. The summed E-state index contributed by atoms with van der Waals surface area (Å²) in [5.74, 6) is 0.844. The van der Waals surface area contributed by atoms with Crippen molar-refractivity contribution in [1.82, 2.24) is 4.98 Å². The van der Waals surface area contributed by atoms with Crippen molar-refractivity contribution in [3.63, 3.8) is 0 Å². The highest BCUT2D eigenvalue weighted by atomic mass is 79.9. The number of esters is 1. The van der Waals surface area contributed by atoms with Gasteiger partial charge < -0.3 is 4.74 Å². The monoisotopic (exact) mass is 435 g/mol. The van der Waals surface area contributed by atoms with Gasteiger partial charge in [0.1, 0.15) is 10.4 Å². The van der Waals surface area contributed by atoms with E-state index in [2.05, 4.69) is 28.1 Å². The van der Waals surface area contributed by atoms with E-state index >= 15 is 0 Å². The molecule has 0 radical (unpaired) electrons. The van der Waals surface area contributed by atoms with Gasteiger partial charge >= 0.3 is 5.97 Å². The lowest BCUT2D eigenvalue weighted by Crippen LogP contribution is -2.27. The Balaban J connectivity index is 1.90. The van der Waals surface area contributed by atoms with Gasteiger partial charge in [0.25, 0.3) is 0 Å². The van der Waals surface area contributed by atoms with E-state index < -0.39 is 10.4 Å². The number of halogens is 1. The molecule has 3 rings (SSSR count). The summed E-state index contributed by atoms with van der Waals surface area (Å²) in [6, 6.07) is 4.31. The number of rotatable bonds is 4. The molecule has 2 saturated carbocycles. The number of hydrogen-bond acceptors (Lipinski definition) is 3. The van der Waals surface area contributed by atoms with Crippen LogP contribution in [-0.2, 0) is 9.53 Å². The average molecular weight is 436 g/mol. The SMILES string of the molecule is CC(C)(C)OC(=O)C(Br)c1ccc(C2CCCCC2)nc1C1CCCCC1. The first-order valence-corrected chi connectivity index (χ1v) is 11.6. The van der Waals surface area contributed by atoms with Crippen molar-refractivity contribution in [1.29, 1.82) is 0 Å². The Bertz CT molecular complexity index is 640. The number of carbonyl (C=O) groups is 1. The molecule has 2 aliphatic rings. The topological polar surface area (TPSA) is 39.2 Å². The van der Waals surface area contributed by atoms with Crippen LogP contribution in [0, 0.1) is 0 Å². The van der Waals surface area contributed by atoms with Gasteiger partial charge in [-0.05, 0) is 58.1 Å². The van der Waals surface area contributed by atoms with Crippen LogP contribution >= 0.6 is 15.9 Å². The van der Waals surface area contributed by atoms with Gasteiger partial charge in [-0.2, -0.15) is 0 Å². The fraction of sp³-hybridized carbons (Fsp3) is 0.739. The summed E-state index contributed by atoms with van der Waals surface area (Å²) in [5.41, 5.74) is 2.91. The number of carbonyl (C=O) groups excluding carboxylic acids is 1. The van der Waals surface area contributed by atoms with Crippen LogP contribution in [0.1, 0.15) is 119 Å². The van der Waals surface area contributed by atoms with Crippen molar-refractivity contribution >= 4 is 21.9 Å². The van der Waals surface area contributed by atoms with Gasteiger partial charge in [-0.1, -0.05) is 60.5 Å². The quantitative estimate of drug-likeness (QED) is 0.379. The number of alkyl halides is 1. The third-order valence-electron chi connectivity index (χ3n) is 5.88. The Morgan fingerprint density at radius 1 is 1.00 bits per heavy atom. The Labute approximate surface area is 172 Å². The molecule has 1 unspecified atom stereocenters. The second kappa shape index (κ2) is 9.07. The van der Waals surface area contributed by atoms with Crippen LogP contribution < -0.4 is 0 Å². The molecule has 1 aromatic rings. The fourth-order valence-electron chi connectivity index (χ4n) is 4.52. The first-order valence-electron chi connectivity index (χ1n) is 10.7. The van der Waals surface area contributed by atoms with E-state index in [1.54, 1.807) is 0 Å². The van der Waals surface area contributed by atoms with Crippen LogP contribution in [0.5, 0.6) is 0 Å². The number of aromatic nitrogens is 1. The van der Waals surface area contributed by atoms with Crippen LogP contribution in [0.3, 0.4) is 0 Å². The van der Waals surface area contributed by atoms with Gasteiger partial charge in [0.2, 0.25) is 0 Å². The van der Waals surface area contributed by atoms with Crippen molar-refractivity contribution in [3.05, 3.63) is 29.1 Å². The summed E-state index contributed by atoms with van der Waals surface area (Å²) >= 11 is 3.63. The molecule has 1 atom stereocenters. The maximum Gasteiger partial charge on any atom is 0.324 e. The van der Waals surface area contributed by atoms with E-state index in [-0.39, 0.29) is 5.97 Å². The summed E-state index contributed by atoms with van der Waals surface area (Å²) in [6.07, 6.45) is 12.7. The van der Waals surface area contributed by atoms with E-state index in [1.165, 1.54) is 69.9 Å². The molecule has 0 saturated heterocycles. The largest absolute Gasteiger partial charge is 0.459 e. The fourth-order valence-corrected chi connectivity index (χ4v) is 5.01. The normalized spacial score (nSPS) is 21.0. The summed E-state index contributed by atoms with van der Waals surface area (Å²) in [4.78, 5) is 17.4. The van der Waals surface area contributed by atoms with Crippen LogP contribution in [0.25, 0.3) is 0 Å². The van der Waals surface area contributed by atoms with Crippen LogP contribution in [0.15, 0.2) is 12.1 Å². The molecule has 2 fully saturated rings. The molecular formula is C23H34BrNO2. The van der Waals surface area contributed by atoms with Crippen LogP contribution in [0.4, 0.5) is 0 Å². The highest BCUT2D eigenvalue weighted by molar-refractivity contribution is 9.09. The predicted octanol–water partition coefficient (Wildman–Crippen LogP) is 6.95. The van der Waals surface area contributed by atoms with Crippen molar-refractivity contribution < 1.29 is 9.53 Å². The van der Waals surface area contributed by atoms with E-state index in [0.717, 1.165) is 11.3 Å². The molecule has 1 heterocycles. The number of pyridine rings is 1. The zero-order chi connectivity index (χ0) is 19.4. The minimum absolute atomic E-state index is 0.216. The van der Waals surface area contributed by atoms with E-state index in [1.807, 2.05) is 20.8 Å². The summed E-state index contributed by atoms with van der Waals surface area (Å²) in [7, 11) is 0. The number of hydrogen-bond donors (Lipinski definition) is 0. The molecule has 3 nitrogen and oxygen atoms in total. The maximum absolute atomic E-state index is 12.7. The lowest BCUT2D eigenvalue weighted by Gasteiger charge is -2.28. The standard InChI is InChI=1S/C23H34BrNO2/c1-23(2,3)27-22(26)20(24)18-14-15-19(16-10-6-4-7-11-16)25-21(18)17-12-8-5-9-13-17/h14-17,20H,4-13H2,1-3H3. The molecule has 0 aliphatic heterocycles. The molecule has 0 N–H and O–H groups in total. The van der Waals surface area contributed by atoms with Gasteiger partial charge in [0.15, 0.2) is 0 Å². The van der Waals surface area contributed by atoms with E-state index in [4.69, 9.17) is 9.72 Å². The van der Waals surface area contributed by atoms with E-state index in [0.29, 0.717) is 11.8 Å². The minimum atomic E-state index is -0.483. The summed E-state index contributed by atoms with van der Waals surface area (Å²) in [6.45, 7) is 5.74. The van der Waals surface area contributed by atoms with Gasteiger partial charge in [0, 0.05) is 23.2 Å². The molecule has 0 aromatic carbocycles. The molecule has 2 aliphatic carbocycles. The first kappa shape index (κ1) is 20.8. The van der Waals surface area contributed by atoms with Gasteiger partial charge in [-0.15, -0.1) is 0 Å². The molecular weight excluding hydrogens is 402 g/mol. The Hall–Kier alpha value is -0.900. The van der Waals surface area contributed by atoms with Crippen molar-refractivity contribution in [2.45, 2.75) is 107 Å². The maximum atomic E-state index is 12.7. The lowest BCUT2D eigenvalue weighted by molar-refractivity contribution is -0.154. The summed E-state index contributed by atoms with van der Waals surface area (Å²) in [5, 5.41) is 0.